The molecule has 574 valence electrons. The number of hydrogen-bond donors (Lipinski definition) is 2. The summed E-state index contributed by atoms with van der Waals surface area (Å²) in [6.07, 6.45) is 8.94. The molecule has 8 aromatic heterocycles. The number of carbonyl (C=O) groups excluding carboxylic acids is 1. The quantitative estimate of drug-likeness (QED) is 0.0902. The second kappa shape index (κ2) is 34.4. The first-order chi connectivity index (χ1) is 55.1. The molecule has 4 aliphatic heterocycles. The molecular weight excluding hydrogens is 1440 g/mol. The summed E-state index contributed by atoms with van der Waals surface area (Å²) in [5, 5.41) is 27.3. The summed E-state index contributed by atoms with van der Waals surface area (Å²) in [7, 11) is 2.14. The molecule has 26 heteroatoms. The highest BCUT2D eigenvalue weighted by atomic mass is 19.4. The van der Waals surface area contributed by atoms with Crippen LogP contribution in [0.4, 0.5) is 35.9 Å². The van der Waals surface area contributed by atoms with E-state index >= 15 is 0 Å². The zero-order valence-corrected chi connectivity index (χ0v) is 62.0. The van der Waals surface area contributed by atoms with Gasteiger partial charge in [-0.2, -0.15) is 33.6 Å². The summed E-state index contributed by atoms with van der Waals surface area (Å²) in [6.45, 7) is 12.1. The largest absolute Gasteiger partial charge is 0.446 e. The Morgan fingerprint density at radius 2 is 0.681 bits per heavy atom. The van der Waals surface area contributed by atoms with Gasteiger partial charge in [0.1, 0.15) is 39.4 Å². The first kappa shape index (κ1) is 75.2. The van der Waals surface area contributed by atoms with Crippen LogP contribution >= 0.6 is 0 Å². The van der Waals surface area contributed by atoms with Crippen LogP contribution in [0.2, 0.25) is 0 Å². The Morgan fingerprint density at radius 3 is 1.01 bits per heavy atom. The molecule has 113 heavy (non-hydrogen) atoms. The van der Waals surface area contributed by atoms with Gasteiger partial charge in [0.2, 0.25) is 6.29 Å². The maximum absolute atomic E-state index is 12.7. The number of fused-ring (bicyclic) bond motifs is 4. The number of aldehydes is 1. The Kier molecular flexibility index (Phi) is 22.9. The number of benzene rings is 7. The van der Waals surface area contributed by atoms with Crippen molar-refractivity contribution in [3.8, 4) is 62.1 Å². The van der Waals surface area contributed by atoms with Gasteiger partial charge in [-0.1, -0.05) is 54.6 Å². The Hall–Kier alpha value is -13.2. The Morgan fingerprint density at radius 1 is 0.363 bits per heavy atom. The SMILES string of the molecule is CN1CCN(c2ccc3cc(-c4ccn(-c5ccccc5)n4)c(=O)oc3c2)CC1.O=CC(F)(F)F.O=c1oc2cc(N3CCCCC3)ccc2cc1-c1ccn(-c2ccccc2)n1.O=c1oc2cc(N3CCCCC3)ccc2cc1-c1ccn[nH]1.O=c1oc2cc(N3CCNCC3)ccc2cc1-c1ccn(-c2ccccc2)n1. The summed E-state index contributed by atoms with van der Waals surface area (Å²) >= 11 is 0. The topological polar surface area (TPSA) is 248 Å². The van der Waals surface area contributed by atoms with Gasteiger partial charge < -0.3 is 47.5 Å². The summed E-state index contributed by atoms with van der Waals surface area (Å²) in [5.74, 6) is 0. The van der Waals surface area contributed by atoms with Crippen molar-refractivity contribution in [2.24, 2.45) is 0 Å². The molecule has 19 rings (SSSR count). The zero-order chi connectivity index (χ0) is 77.8. The van der Waals surface area contributed by atoms with Gasteiger partial charge in [0.05, 0.1) is 45.0 Å². The van der Waals surface area contributed by atoms with E-state index in [0.717, 1.165) is 140 Å². The lowest BCUT2D eigenvalue weighted by Gasteiger charge is -2.34. The van der Waals surface area contributed by atoms with Gasteiger partial charge in [0, 0.05) is 172 Å². The highest BCUT2D eigenvalue weighted by Gasteiger charge is 2.25. The number of hydrogen-bond acceptors (Lipinski definition) is 19. The molecule has 4 saturated heterocycles. The van der Waals surface area contributed by atoms with Crippen molar-refractivity contribution < 1.29 is 35.6 Å². The van der Waals surface area contributed by atoms with Crippen LogP contribution in [0.5, 0.6) is 0 Å². The van der Waals surface area contributed by atoms with Crippen LogP contribution in [0.3, 0.4) is 0 Å². The Balaban J connectivity index is 0.000000116. The molecule has 0 aliphatic carbocycles. The molecule has 0 saturated carbocycles. The van der Waals surface area contributed by atoms with E-state index in [9.17, 15) is 32.3 Å². The van der Waals surface area contributed by atoms with Crippen molar-refractivity contribution >= 4 is 72.9 Å². The van der Waals surface area contributed by atoms with Gasteiger partial charge in [-0.25, -0.2) is 33.2 Å². The van der Waals surface area contributed by atoms with E-state index < -0.39 is 12.5 Å². The third-order valence-corrected chi connectivity index (χ3v) is 20.3. The highest BCUT2D eigenvalue weighted by Crippen LogP contribution is 2.32. The molecule has 7 aromatic carbocycles. The number of H-pyrrole nitrogens is 1. The monoisotopic (exact) mass is 1520 g/mol. The van der Waals surface area contributed by atoms with Crippen LogP contribution in [-0.4, -0.2) is 142 Å². The smallest absolute Gasteiger partial charge is 0.422 e. The van der Waals surface area contributed by atoms with E-state index in [0.29, 0.717) is 67.4 Å². The number of nitrogens with zero attached hydrogens (tertiary/aromatic N) is 12. The van der Waals surface area contributed by atoms with E-state index in [1.807, 2.05) is 201 Å². The molecule has 0 radical (unpaired) electrons. The molecule has 0 amide bonds. The van der Waals surface area contributed by atoms with Crippen molar-refractivity contribution in [3.63, 3.8) is 0 Å². The predicted molar refractivity (Wildman–Crippen MR) is 434 cm³/mol. The standard InChI is InChI=1S/C23H22N4O2.C23H21N3O2.C22H20N4O2.C17H17N3O2.C2HF3O/c1-25-11-13-26(14-12-25)19-8-7-17-15-20(23(28)29-22(17)16-19)21-9-10-27(24-21)18-5-3-2-4-6-18;27-23-20(21-11-14-26(24-21)18-7-3-1-4-8-18)15-17-9-10-19(16-22(17)28-23)25-12-5-2-6-13-25;27-22-19(20-8-11-26(24-20)17-4-2-1-3-5-17)14-16-6-7-18(15-21(16)28-22)25-12-9-23-10-13-25;21-17-14(15-6-7-18-19-15)10-12-4-5-13(11-16(12)22-17)20-8-2-1-3-9-20;3-2(4,5)1-6/h2-10,15-16H,11-14H2,1H3;1,3-4,7-11,14-16H,2,5-6,12-13H2;1-8,11,14-15,23H,9-10,12-13H2;4-7,10-11H,1-3,8-9H2,(H,18,19);1H. The van der Waals surface area contributed by atoms with Crippen molar-refractivity contribution in [3.05, 3.63) is 279 Å². The minimum Gasteiger partial charge on any atom is -0.422 e. The predicted octanol–water partition coefficient (Wildman–Crippen LogP) is 15.0. The maximum Gasteiger partial charge on any atom is 0.446 e. The first-order valence-corrected chi connectivity index (χ1v) is 37.7. The normalized spacial score (nSPS) is 14.7. The number of piperidine rings is 2. The molecule has 15 aromatic rings. The molecule has 0 bridgehead atoms. The fraction of sp³-hybridized carbons (Fsp3) is 0.230. The van der Waals surface area contributed by atoms with E-state index in [1.165, 1.54) is 38.5 Å². The summed E-state index contributed by atoms with van der Waals surface area (Å²) in [4.78, 5) is 70.5. The summed E-state index contributed by atoms with van der Waals surface area (Å²) in [6, 6.07) is 68.5. The fourth-order valence-corrected chi connectivity index (χ4v) is 14.2. The minimum atomic E-state index is -4.64. The average Bonchev–Trinajstić information content (AvgIpc) is 1.79. The van der Waals surface area contributed by atoms with Crippen LogP contribution < -0.4 is 47.4 Å². The number of carbonyl (C=O) groups is 1. The summed E-state index contributed by atoms with van der Waals surface area (Å²) < 4.78 is 59.0. The van der Waals surface area contributed by atoms with Crippen molar-refractivity contribution in [1.82, 2.24) is 49.8 Å². The molecule has 12 heterocycles. The number of rotatable bonds is 11. The van der Waals surface area contributed by atoms with Crippen LogP contribution in [0, 0.1) is 0 Å². The van der Waals surface area contributed by atoms with Gasteiger partial charge in [-0.3, -0.25) is 9.89 Å². The Bertz CT molecular complexity index is 5830. The van der Waals surface area contributed by atoms with Crippen LogP contribution in [0.1, 0.15) is 38.5 Å². The van der Waals surface area contributed by atoms with E-state index in [4.69, 9.17) is 22.5 Å². The van der Waals surface area contributed by atoms with E-state index in [-0.39, 0.29) is 22.5 Å². The third kappa shape index (κ3) is 18.2. The second-order valence-electron chi connectivity index (χ2n) is 27.9. The van der Waals surface area contributed by atoms with Crippen LogP contribution in [-0.2, 0) is 4.79 Å². The van der Waals surface area contributed by atoms with Crippen LogP contribution in [0.25, 0.3) is 106 Å². The van der Waals surface area contributed by atoms with Crippen LogP contribution in [0.15, 0.2) is 274 Å². The molecule has 0 spiro atoms. The average molecular weight is 1520 g/mol. The number of nitrogens with one attached hydrogen (secondary N) is 2. The van der Waals surface area contributed by atoms with Gasteiger partial charge in [0.25, 0.3) is 0 Å². The number of aromatic amines is 1. The van der Waals surface area contributed by atoms with E-state index in [2.05, 4.69) is 86.6 Å². The highest BCUT2D eigenvalue weighted by molar-refractivity contribution is 5.87. The van der Waals surface area contributed by atoms with Crippen molar-refractivity contribution in [2.45, 2.75) is 44.7 Å². The number of piperazine rings is 2. The third-order valence-electron chi connectivity index (χ3n) is 20.3. The summed E-state index contributed by atoms with van der Waals surface area (Å²) in [5.41, 5.74) is 12.7. The number of halogens is 3. The van der Waals surface area contributed by atoms with Gasteiger partial charge in [-0.15, -0.1) is 0 Å². The lowest BCUT2D eigenvalue weighted by molar-refractivity contribution is -0.156. The van der Waals surface area contributed by atoms with Gasteiger partial charge in [-0.05, 0) is 179 Å². The lowest BCUT2D eigenvalue weighted by atomic mass is 10.1. The number of aromatic nitrogens is 8. The molecule has 4 fully saturated rings. The number of likely N-dealkylation sites (N-methyl/N-ethyl adjacent to an activating group) is 1. The number of para-hydroxylation sites is 3. The van der Waals surface area contributed by atoms with Gasteiger partial charge >= 0.3 is 28.7 Å². The minimum absolute atomic E-state index is 0.340. The number of anilines is 4. The molecule has 23 nitrogen and oxygen atoms in total. The van der Waals surface area contributed by atoms with Gasteiger partial charge in [0.15, 0.2) is 0 Å². The Labute approximate surface area is 645 Å². The maximum atomic E-state index is 12.7. The lowest BCUT2D eigenvalue weighted by Crippen LogP contribution is -2.44. The first-order valence-electron chi connectivity index (χ1n) is 37.7. The zero-order valence-electron chi connectivity index (χ0n) is 62.0. The van der Waals surface area contributed by atoms with E-state index in [1.54, 1.807) is 26.3 Å². The number of alkyl halides is 3. The second-order valence-corrected chi connectivity index (χ2v) is 27.9. The molecule has 2 N–H and O–H groups in total. The molecule has 0 atom stereocenters. The van der Waals surface area contributed by atoms with Crippen molar-refractivity contribution in [1.29, 1.82) is 0 Å². The molecular formula is C87H81F3N14O9. The fourth-order valence-electron chi connectivity index (χ4n) is 14.2. The molecule has 4 aliphatic rings. The van der Waals surface area contributed by atoms with Crippen molar-refractivity contribution in [2.75, 3.05) is 105 Å². The molecule has 0 unspecified atom stereocenters.